The molecular weight excluding hydrogens is 246 g/mol. The fourth-order valence-corrected chi connectivity index (χ4v) is 2.86. The Bertz CT molecular complexity index is 399. The van der Waals surface area contributed by atoms with Gasteiger partial charge in [0.1, 0.15) is 0 Å². The molecule has 2 rings (SSSR count). The largest absolute Gasteiger partial charge is 0.374 e. The van der Waals surface area contributed by atoms with E-state index >= 15 is 0 Å². The van der Waals surface area contributed by atoms with E-state index in [9.17, 15) is 0 Å². The summed E-state index contributed by atoms with van der Waals surface area (Å²) in [6.45, 7) is 8.96. The molecule has 0 amide bonds. The van der Waals surface area contributed by atoms with Gasteiger partial charge in [-0.2, -0.15) is 0 Å². The van der Waals surface area contributed by atoms with Crippen molar-refractivity contribution < 1.29 is 0 Å². The Kier molecular flexibility index (Phi) is 5.44. The van der Waals surface area contributed by atoms with Crippen LogP contribution in [0, 0.1) is 5.92 Å². The van der Waals surface area contributed by atoms with Crippen LogP contribution in [-0.4, -0.2) is 44.7 Å². The zero-order valence-corrected chi connectivity index (χ0v) is 13.4. The molecule has 1 saturated heterocycles. The smallest absolute Gasteiger partial charge is 0.0363 e. The van der Waals surface area contributed by atoms with Crippen LogP contribution in [0.5, 0.6) is 0 Å². The van der Waals surface area contributed by atoms with Gasteiger partial charge in [-0.25, -0.2) is 0 Å². The Morgan fingerprint density at radius 1 is 1.30 bits per heavy atom. The van der Waals surface area contributed by atoms with E-state index in [1.807, 2.05) is 0 Å². The Labute approximate surface area is 124 Å². The number of likely N-dealkylation sites (tertiary alicyclic amines) is 1. The third kappa shape index (κ3) is 4.50. The minimum atomic E-state index is 0.539. The predicted octanol–water partition coefficient (Wildman–Crippen LogP) is 2.57. The number of hydrogen-bond acceptors (Lipinski definition) is 3. The van der Waals surface area contributed by atoms with Crippen molar-refractivity contribution in [3.8, 4) is 0 Å². The third-order valence-electron chi connectivity index (χ3n) is 4.11. The number of hydrogen-bond donors (Lipinski definition) is 1. The molecule has 0 spiro atoms. The van der Waals surface area contributed by atoms with Crippen LogP contribution in [0.1, 0.15) is 25.8 Å². The molecule has 1 N–H and O–H groups in total. The van der Waals surface area contributed by atoms with Crippen molar-refractivity contribution in [2.45, 2.75) is 32.9 Å². The van der Waals surface area contributed by atoms with Gasteiger partial charge in [-0.05, 0) is 43.6 Å². The molecule has 3 heteroatoms. The number of nitrogens with zero attached hydrogens (tertiary/aromatic N) is 2. The van der Waals surface area contributed by atoms with Crippen molar-refractivity contribution in [3.63, 3.8) is 0 Å². The van der Waals surface area contributed by atoms with E-state index in [2.05, 4.69) is 67.3 Å². The van der Waals surface area contributed by atoms with Gasteiger partial charge < -0.3 is 15.1 Å². The van der Waals surface area contributed by atoms with Crippen LogP contribution in [0.15, 0.2) is 24.3 Å². The van der Waals surface area contributed by atoms with Crippen LogP contribution in [0.2, 0.25) is 0 Å². The molecule has 1 fully saturated rings. The maximum atomic E-state index is 3.45. The van der Waals surface area contributed by atoms with Crippen LogP contribution in [-0.2, 0) is 6.54 Å². The zero-order chi connectivity index (χ0) is 14.5. The minimum absolute atomic E-state index is 0.539. The van der Waals surface area contributed by atoms with Gasteiger partial charge in [0, 0.05) is 38.4 Å². The zero-order valence-electron chi connectivity index (χ0n) is 13.4. The fourth-order valence-electron chi connectivity index (χ4n) is 2.86. The molecule has 3 nitrogen and oxygen atoms in total. The molecule has 0 aromatic heterocycles. The van der Waals surface area contributed by atoms with E-state index < -0.39 is 0 Å². The lowest BCUT2D eigenvalue weighted by molar-refractivity contribution is 0.396. The average Bonchev–Trinajstić information content (AvgIpc) is 2.82. The van der Waals surface area contributed by atoms with Gasteiger partial charge in [0.05, 0.1) is 0 Å². The number of anilines is 1. The lowest BCUT2D eigenvalue weighted by Gasteiger charge is -2.23. The second-order valence-corrected chi connectivity index (χ2v) is 6.50. The van der Waals surface area contributed by atoms with E-state index in [-0.39, 0.29) is 0 Å². The molecule has 0 radical (unpaired) electrons. The second-order valence-electron chi connectivity index (χ2n) is 6.50. The molecule has 20 heavy (non-hydrogen) atoms. The third-order valence-corrected chi connectivity index (χ3v) is 4.11. The van der Waals surface area contributed by atoms with Crippen LogP contribution < -0.4 is 10.2 Å². The van der Waals surface area contributed by atoms with E-state index in [0.717, 1.165) is 19.0 Å². The standard InChI is InChI=1S/C17H29N3/c1-14(2)18-11-15-5-7-17(8-6-15)20(4)13-16-9-10-19(3)12-16/h5-8,14,16,18H,9-13H2,1-4H3. The molecule has 1 aromatic rings. The first-order chi connectivity index (χ1) is 9.54. The highest BCUT2D eigenvalue weighted by Gasteiger charge is 2.20. The molecule has 112 valence electrons. The maximum absolute atomic E-state index is 3.45. The Morgan fingerprint density at radius 3 is 2.55 bits per heavy atom. The first kappa shape index (κ1) is 15.3. The molecular formula is C17H29N3. The molecule has 1 heterocycles. The summed E-state index contributed by atoms with van der Waals surface area (Å²) in [6.07, 6.45) is 1.33. The van der Waals surface area contributed by atoms with Crippen LogP contribution in [0.4, 0.5) is 5.69 Å². The molecule has 0 saturated carbocycles. The monoisotopic (exact) mass is 275 g/mol. The molecule has 1 aliphatic rings. The molecule has 0 bridgehead atoms. The molecule has 1 aliphatic heterocycles. The highest BCUT2D eigenvalue weighted by atomic mass is 15.1. The van der Waals surface area contributed by atoms with E-state index in [0.29, 0.717) is 6.04 Å². The first-order valence-corrected chi connectivity index (χ1v) is 7.76. The number of benzene rings is 1. The van der Waals surface area contributed by atoms with Crippen molar-refractivity contribution in [2.75, 3.05) is 38.6 Å². The quantitative estimate of drug-likeness (QED) is 0.861. The van der Waals surface area contributed by atoms with Gasteiger partial charge in [-0.1, -0.05) is 26.0 Å². The van der Waals surface area contributed by atoms with Gasteiger partial charge in [-0.15, -0.1) is 0 Å². The summed E-state index contributed by atoms with van der Waals surface area (Å²) >= 11 is 0. The SMILES string of the molecule is CC(C)NCc1ccc(N(C)CC2CCN(C)C2)cc1. The van der Waals surface area contributed by atoms with Crippen molar-refractivity contribution in [2.24, 2.45) is 5.92 Å². The van der Waals surface area contributed by atoms with Crippen molar-refractivity contribution in [3.05, 3.63) is 29.8 Å². The van der Waals surface area contributed by atoms with Gasteiger partial charge in [0.2, 0.25) is 0 Å². The van der Waals surface area contributed by atoms with Gasteiger partial charge >= 0.3 is 0 Å². The first-order valence-electron chi connectivity index (χ1n) is 7.76. The average molecular weight is 275 g/mol. The highest BCUT2D eigenvalue weighted by molar-refractivity contribution is 5.46. The van der Waals surface area contributed by atoms with Gasteiger partial charge in [0.15, 0.2) is 0 Å². The van der Waals surface area contributed by atoms with E-state index in [1.54, 1.807) is 0 Å². The Hall–Kier alpha value is -1.06. The van der Waals surface area contributed by atoms with Gasteiger partial charge in [0.25, 0.3) is 0 Å². The number of rotatable bonds is 6. The van der Waals surface area contributed by atoms with Crippen molar-refractivity contribution >= 4 is 5.69 Å². The highest BCUT2D eigenvalue weighted by Crippen LogP contribution is 2.20. The summed E-state index contributed by atoms with van der Waals surface area (Å²) < 4.78 is 0. The molecule has 1 atom stereocenters. The van der Waals surface area contributed by atoms with Crippen molar-refractivity contribution in [1.82, 2.24) is 10.2 Å². The summed E-state index contributed by atoms with van der Waals surface area (Å²) in [5.74, 6) is 0.812. The molecule has 0 aliphatic carbocycles. The second kappa shape index (κ2) is 7.09. The molecule has 1 unspecified atom stereocenters. The van der Waals surface area contributed by atoms with E-state index in [4.69, 9.17) is 0 Å². The van der Waals surface area contributed by atoms with Gasteiger partial charge in [-0.3, -0.25) is 0 Å². The Morgan fingerprint density at radius 2 is 2.00 bits per heavy atom. The topological polar surface area (TPSA) is 18.5 Å². The summed E-state index contributed by atoms with van der Waals surface area (Å²) in [4.78, 5) is 4.82. The van der Waals surface area contributed by atoms with E-state index in [1.165, 1.54) is 30.8 Å². The van der Waals surface area contributed by atoms with Crippen LogP contribution in [0.25, 0.3) is 0 Å². The number of nitrogens with one attached hydrogen (secondary N) is 1. The van der Waals surface area contributed by atoms with Crippen LogP contribution >= 0.6 is 0 Å². The van der Waals surface area contributed by atoms with Crippen molar-refractivity contribution in [1.29, 1.82) is 0 Å². The lowest BCUT2D eigenvalue weighted by Crippen LogP contribution is -2.27. The predicted molar refractivity (Wildman–Crippen MR) is 87.3 cm³/mol. The Balaban J connectivity index is 1.85. The maximum Gasteiger partial charge on any atom is 0.0363 e. The fraction of sp³-hybridized carbons (Fsp3) is 0.647. The lowest BCUT2D eigenvalue weighted by atomic mass is 10.1. The summed E-state index contributed by atoms with van der Waals surface area (Å²) in [5.41, 5.74) is 2.68. The molecule has 1 aromatic carbocycles. The normalized spacial score (nSPS) is 19.8. The summed E-state index contributed by atoms with van der Waals surface area (Å²) in [6, 6.07) is 9.51. The minimum Gasteiger partial charge on any atom is -0.374 e. The summed E-state index contributed by atoms with van der Waals surface area (Å²) in [7, 11) is 4.43. The summed E-state index contributed by atoms with van der Waals surface area (Å²) in [5, 5.41) is 3.45. The van der Waals surface area contributed by atoms with Crippen LogP contribution in [0.3, 0.4) is 0 Å².